The summed E-state index contributed by atoms with van der Waals surface area (Å²) in [6.45, 7) is 1.24. The molecule has 13 heavy (non-hydrogen) atoms. The first-order chi connectivity index (χ1) is 6.12. The van der Waals surface area contributed by atoms with Crippen LogP contribution in [0, 0.1) is 0 Å². The highest BCUT2D eigenvalue weighted by Gasteiger charge is 2.45. The first kappa shape index (κ1) is 9.99. The number of alkyl halides is 2. The Hall–Kier alpha value is 0.460. The van der Waals surface area contributed by atoms with Gasteiger partial charge in [0.1, 0.15) is 0 Å². The molecule has 0 aliphatic carbocycles. The van der Waals surface area contributed by atoms with Crippen LogP contribution in [0.5, 0.6) is 0 Å². The normalized spacial score (nSPS) is 45.7. The molecule has 2 atom stereocenters. The van der Waals surface area contributed by atoms with E-state index in [9.17, 15) is 0 Å². The molecule has 76 valence electrons. The minimum absolute atomic E-state index is 0.621. The molecule has 2 aliphatic rings. The van der Waals surface area contributed by atoms with E-state index in [1.54, 1.807) is 0 Å². The molecule has 2 saturated heterocycles. The van der Waals surface area contributed by atoms with E-state index in [-0.39, 0.29) is 0 Å². The molecule has 0 amide bonds. The first-order valence-electron chi connectivity index (χ1n) is 4.48. The van der Waals surface area contributed by atoms with Gasteiger partial charge >= 0.3 is 0 Å². The second-order valence-corrected chi connectivity index (χ2v) is 4.48. The molecule has 2 aliphatic heterocycles. The number of rotatable bonds is 2. The van der Waals surface area contributed by atoms with Gasteiger partial charge in [-0.3, -0.25) is 4.74 Å². The maximum Gasteiger partial charge on any atom is 0.251 e. The van der Waals surface area contributed by atoms with Crippen molar-refractivity contribution in [1.29, 1.82) is 0 Å². The van der Waals surface area contributed by atoms with Crippen LogP contribution in [-0.4, -0.2) is 23.7 Å². The predicted octanol–water partition coefficient (Wildman–Crippen LogP) is 2.41. The smallest absolute Gasteiger partial charge is 0.251 e. The molecule has 0 aromatic rings. The molecule has 0 aromatic heterocycles. The van der Waals surface area contributed by atoms with Gasteiger partial charge < -0.3 is 9.47 Å². The Labute approximate surface area is 87.2 Å². The van der Waals surface area contributed by atoms with Gasteiger partial charge in [-0.2, -0.15) is 0 Å². The van der Waals surface area contributed by atoms with Crippen LogP contribution in [0.3, 0.4) is 0 Å². The molecule has 3 nitrogen and oxygen atoms in total. The summed E-state index contributed by atoms with van der Waals surface area (Å²) in [7, 11) is 0. The van der Waals surface area contributed by atoms with Gasteiger partial charge in [0.25, 0.3) is 10.5 Å². The molecular formula is C8H12Cl2O3. The van der Waals surface area contributed by atoms with E-state index in [2.05, 4.69) is 0 Å². The van der Waals surface area contributed by atoms with Crippen LogP contribution in [0.2, 0.25) is 0 Å². The van der Waals surface area contributed by atoms with Crippen molar-refractivity contribution in [1.82, 2.24) is 0 Å². The highest BCUT2D eigenvalue weighted by molar-refractivity contribution is 6.24. The molecule has 0 bridgehead atoms. The second-order valence-electron chi connectivity index (χ2n) is 3.33. The summed E-state index contributed by atoms with van der Waals surface area (Å²) in [6.07, 6.45) is 3.12. The maximum absolute atomic E-state index is 6.03. The molecule has 0 N–H and O–H groups in total. The molecule has 0 saturated carbocycles. The summed E-state index contributed by atoms with van der Waals surface area (Å²) >= 11 is 12.1. The monoisotopic (exact) mass is 226 g/mol. The van der Waals surface area contributed by atoms with Gasteiger partial charge in [0.15, 0.2) is 0 Å². The lowest BCUT2D eigenvalue weighted by atomic mass is 10.3. The van der Waals surface area contributed by atoms with E-state index in [4.69, 9.17) is 37.4 Å². The largest absolute Gasteiger partial charge is 0.337 e. The summed E-state index contributed by atoms with van der Waals surface area (Å²) in [5.41, 5.74) is 0. The average molecular weight is 227 g/mol. The zero-order chi connectivity index (χ0) is 9.36. The molecule has 5 heteroatoms. The Morgan fingerprint density at radius 2 is 1.38 bits per heavy atom. The van der Waals surface area contributed by atoms with Crippen LogP contribution in [-0.2, 0) is 14.2 Å². The zero-order valence-corrected chi connectivity index (χ0v) is 8.74. The second kappa shape index (κ2) is 3.55. The number of hydrogen-bond donors (Lipinski definition) is 0. The molecule has 0 aromatic carbocycles. The molecule has 2 fully saturated rings. The lowest BCUT2D eigenvalue weighted by Crippen LogP contribution is -2.36. The first-order valence-corrected chi connectivity index (χ1v) is 5.23. The lowest BCUT2D eigenvalue weighted by molar-refractivity contribution is -0.261. The summed E-state index contributed by atoms with van der Waals surface area (Å²) in [5, 5.41) is -2.13. The van der Waals surface area contributed by atoms with Crippen molar-refractivity contribution in [3.8, 4) is 0 Å². The Balaban J connectivity index is 1.95. The SMILES string of the molecule is ClC1(OC2(Cl)CCCO2)CCCO1. The Morgan fingerprint density at radius 3 is 1.69 bits per heavy atom. The van der Waals surface area contributed by atoms with Crippen molar-refractivity contribution in [2.24, 2.45) is 0 Å². The van der Waals surface area contributed by atoms with Crippen molar-refractivity contribution < 1.29 is 14.2 Å². The fourth-order valence-corrected chi connectivity index (χ4v) is 2.26. The lowest BCUT2D eigenvalue weighted by Gasteiger charge is -2.29. The fourth-order valence-electron chi connectivity index (χ4n) is 1.55. The average Bonchev–Trinajstić information content (AvgIpc) is 2.60. The summed E-state index contributed by atoms with van der Waals surface area (Å²) in [5.74, 6) is 0. The van der Waals surface area contributed by atoms with Gasteiger partial charge in [-0.05, 0) is 12.8 Å². The van der Waals surface area contributed by atoms with Crippen LogP contribution >= 0.6 is 23.2 Å². The third-order valence-corrected chi connectivity index (χ3v) is 2.93. The van der Waals surface area contributed by atoms with Crippen LogP contribution in [0.4, 0.5) is 0 Å². The van der Waals surface area contributed by atoms with Crippen LogP contribution in [0.1, 0.15) is 25.7 Å². The van der Waals surface area contributed by atoms with Crippen molar-refractivity contribution >= 4 is 23.2 Å². The van der Waals surface area contributed by atoms with Gasteiger partial charge in [0.05, 0.1) is 13.2 Å². The molecule has 2 rings (SSSR count). The standard InChI is InChI=1S/C8H12Cl2O3/c9-7(3-1-5-11-7)13-8(10)4-2-6-12-8/h1-6H2. The van der Waals surface area contributed by atoms with Gasteiger partial charge in [0, 0.05) is 12.8 Å². The van der Waals surface area contributed by atoms with Gasteiger partial charge in [-0.15, -0.1) is 0 Å². The van der Waals surface area contributed by atoms with Crippen molar-refractivity contribution in [3.63, 3.8) is 0 Å². The maximum atomic E-state index is 6.03. The van der Waals surface area contributed by atoms with Crippen molar-refractivity contribution in [3.05, 3.63) is 0 Å². The summed E-state index contributed by atoms with van der Waals surface area (Å²) in [6, 6.07) is 0. The molecule has 2 heterocycles. The van der Waals surface area contributed by atoms with E-state index >= 15 is 0 Å². The molecule has 2 unspecified atom stereocenters. The van der Waals surface area contributed by atoms with Crippen LogP contribution in [0.25, 0.3) is 0 Å². The molecular weight excluding hydrogens is 215 g/mol. The Morgan fingerprint density at radius 1 is 0.923 bits per heavy atom. The van der Waals surface area contributed by atoms with Crippen LogP contribution in [0.15, 0.2) is 0 Å². The Kier molecular flexibility index (Phi) is 2.73. The molecule has 0 spiro atoms. The van der Waals surface area contributed by atoms with Gasteiger partial charge in [-0.25, -0.2) is 0 Å². The summed E-state index contributed by atoms with van der Waals surface area (Å²) < 4.78 is 15.9. The number of halogens is 2. The third-order valence-electron chi connectivity index (χ3n) is 2.18. The predicted molar refractivity (Wildman–Crippen MR) is 48.6 cm³/mol. The van der Waals surface area contributed by atoms with Crippen LogP contribution < -0.4 is 0 Å². The topological polar surface area (TPSA) is 27.7 Å². The Bertz CT molecular complexity index is 166. The molecule has 0 radical (unpaired) electrons. The van der Waals surface area contributed by atoms with E-state index in [0.29, 0.717) is 26.1 Å². The summed E-state index contributed by atoms with van der Waals surface area (Å²) in [4.78, 5) is 0. The third kappa shape index (κ3) is 2.28. The number of ether oxygens (including phenoxy) is 3. The quantitative estimate of drug-likeness (QED) is 0.678. The highest BCUT2D eigenvalue weighted by Crippen LogP contribution is 2.41. The van der Waals surface area contributed by atoms with E-state index in [0.717, 1.165) is 12.8 Å². The minimum Gasteiger partial charge on any atom is -0.337 e. The van der Waals surface area contributed by atoms with E-state index in [1.165, 1.54) is 0 Å². The van der Waals surface area contributed by atoms with Gasteiger partial charge in [-0.1, -0.05) is 23.2 Å². The van der Waals surface area contributed by atoms with E-state index < -0.39 is 10.5 Å². The zero-order valence-electron chi connectivity index (χ0n) is 7.22. The number of hydrogen-bond acceptors (Lipinski definition) is 3. The van der Waals surface area contributed by atoms with Crippen molar-refractivity contribution in [2.75, 3.05) is 13.2 Å². The van der Waals surface area contributed by atoms with Gasteiger partial charge in [0.2, 0.25) is 0 Å². The highest BCUT2D eigenvalue weighted by atomic mass is 35.5. The minimum atomic E-state index is -1.06. The fraction of sp³-hybridized carbons (Fsp3) is 1.00. The van der Waals surface area contributed by atoms with E-state index in [1.807, 2.05) is 0 Å². The van der Waals surface area contributed by atoms with Crippen molar-refractivity contribution in [2.45, 2.75) is 36.2 Å².